The van der Waals surface area contributed by atoms with E-state index in [9.17, 15) is 14.4 Å². The van der Waals surface area contributed by atoms with Crippen molar-refractivity contribution in [3.05, 3.63) is 69.7 Å². The number of carbonyl (C=O) groups is 3. The van der Waals surface area contributed by atoms with Crippen LogP contribution >= 0.6 is 23.2 Å². The minimum absolute atomic E-state index is 0.0989. The van der Waals surface area contributed by atoms with Crippen LogP contribution < -0.4 is 16.0 Å². The average molecular weight is 477 g/mol. The molecule has 0 radical (unpaired) electrons. The van der Waals surface area contributed by atoms with Crippen LogP contribution in [-0.2, 0) is 9.59 Å². The van der Waals surface area contributed by atoms with E-state index in [1.807, 2.05) is 18.2 Å². The van der Waals surface area contributed by atoms with Gasteiger partial charge in [-0.15, -0.1) is 0 Å². The Kier molecular flexibility index (Phi) is 8.90. The quantitative estimate of drug-likeness (QED) is 0.518. The summed E-state index contributed by atoms with van der Waals surface area (Å²) in [4.78, 5) is 38.8. The Bertz CT molecular complexity index is 950. The van der Waals surface area contributed by atoms with Crippen molar-refractivity contribution in [1.29, 1.82) is 0 Å². The third-order valence-corrected chi connectivity index (χ3v) is 5.84. The fourth-order valence-corrected chi connectivity index (χ4v) is 4.12. The van der Waals surface area contributed by atoms with Crippen molar-refractivity contribution in [2.45, 2.75) is 18.9 Å². The Morgan fingerprint density at radius 3 is 2.22 bits per heavy atom. The molecule has 0 saturated carbocycles. The summed E-state index contributed by atoms with van der Waals surface area (Å²) < 4.78 is 0. The van der Waals surface area contributed by atoms with Crippen molar-refractivity contribution in [3.8, 4) is 0 Å². The highest BCUT2D eigenvalue weighted by atomic mass is 35.5. The van der Waals surface area contributed by atoms with Crippen molar-refractivity contribution in [3.63, 3.8) is 0 Å². The summed E-state index contributed by atoms with van der Waals surface area (Å²) in [6.07, 6.45) is 2.31. The summed E-state index contributed by atoms with van der Waals surface area (Å²) in [5.41, 5.74) is 1.37. The van der Waals surface area contributed by atoms with Gasteiger partial charge in [-0.3, -0.25) is 19.3 Å². The molecule has 2 aromatic carbocycles. The second-order valence-corrected chi connectivity index (χ2v) is 8.40. The molecule has 0 aliphatic carbocycles. The Morgan fingerprint density at radius 1 is 0.875 bits per heavy atom. The first-order valence-corrected chi connectivity index (χ1v) is 11.3. The maximum atomic E-state index is 12.3. The molecule has 3 amide bonds. The van der Waals surface area contributed by atoms with Gasteiger partial charge in [0.15, 0.2) is 0 Å². The SMILES string of the molecule is O=C(CNC(=O)CNC(=O)c1ccc(Cl)cc1Cl)NCC(c1ccccc1)N1CCCC1. The van der Waals surface area contributed by atoms with Gasteiger partial charge in [-0.2, -0.15) is 0 Å². The Balaban J connectivity index is 1.42. The first-order valence-electron chi connectivity index (χ1n) is 10.5. The lowest BCUT2D eigenvalue weighted by atomic mass is 10.1. The molecule has 0 bridgehead atoms. The lowest BCUT2D eigenvalue weighted by Crippen LogP contribution is -2.44. The first-order chi connectivity index (χ1) is 15.4. The van der Waals surface area contributed by atoms with E-state index < -0.39 is 11.8 Å². The number of nitrogens with one attached hydrogen (secondary N) is 3. The van der Waals surface area contributed by atoms with Gasteiger partial charge in [0, 0.05) is 11.6 Å². The Morgan fingerprint density at radius 2 is 1.53 bits per heavy atom. The van der Waals surface area contributed by atoms with Gasteiger partial charge in [0.05, 0.1) is 29.7 Å². The van der Waals surface area contributed by atoms with Crippen LogP contribution in [0.25, 0.3) is 0 Å². The van der Waals surface area contributed by atoms with Crippen molar-refractivity contribution in [2.24, 2.45) is 0 Å². The lowest BCUT2D eigenvalue weighted by molar-refractivity contribution is -0.125. The van der Waals surface area contributed by atoms with Crippen LogP contribution in [0, 0.1) is 0 Å². The summed E-state index contributed by atoms with van der Waals surface area (Å²) in [5.74, 6) is -1.26. The largest absolute Gasteiger partial charge is 0.353 e. The zero-order valence-electron chi connectivity index (χ0n) is 17.6. The molecule has 1 saturated heterocycles. The van der Waals surface area contributed by atoms with Crippen LogP contribution in [0.4, 0.5) is 0 Å². The average Bonchev–Trinajstić information content (AvgIpc) is 3.31. The molecular weight excluding hydrogens is 451 g/mol. The molecule has 2 aromatic rings. The zero-order chi connectivity index (χ0) is 22.9. The third-order valence-electron chi connectivity index (χ3n) is 5.29. The number of carbonyl (C=O) groups excluding carboxylic acids is 3. The molecule has 3 rings (SSSR count). The van der Waals surface area contributed by atoms with Crippen molar-refractivity contribution < 1.29 is 14.4 Å². The minimum atomic E-state index is -0.498. The Hall–Kier alpha value is -2.61. The molecule has 0 aromatic heterocycles. The highest BCUT2D eigenvalue weighted by Gasteiger charge is 2.23. The first kappa shape index (κ1) is 24.0. The molecule has 7 nitrogen and oxygen atoms in total. The van der Waals surface area contributed by atoms with E-state index in [0.717, 1.165) is 31.5 Å². The van der Waals surface area contributed by atoms with Crippen LogP contribution in [0.3, 0.4) is 0 Å². The van der Waals surface area contributed by atoms with Gasteiger partial charge in [0.2, 0.25) is 11.8 Å². The van der Waals surface area contributed by atoms with Gasteiger partial charge in [-0.25, -0.2) is 0 Å². The molecule has 1 unspecified atom stereocenters. The van der Waals surface area contributed by atoms with Gasteiger partial charge >= 0.3 is 0 Å². The summed E-state index contributed by atoms with van der Waals surface area (Å²) in [7, 11) is 0. The highest BCUT2D eigenvalue weighted by molar-refractivity contribution is 6.36. The van der Waals surface area contributed by atoms with Crippen LogP contribution in [-0.4, -0.2) is 55.3 Å². The third kappa shape index (κ3) is 6.95. The smallest absolute Gasteiger partial charge is 0.253 e. The van der Waals surface area contributed by atoms with E-state index in [4.69, 9.17) is 23.2 Å². The standard InChI is InChI=1S/C23H26Cl2N4O3/c24-17-8-9-18(19(25)12-17)23(32)28-15-22(31)27-14-21(30)26-13-20(29-10-4-5-11-29)16-6-2-1-3-7-16/h1-3,6-9,12,20H,4-5,10-11,13-15H2,(H,26,30)(H,27,31)(H,28,32). The van der Waals surface area contributed by atoms with Gasteiger partial charge < -0.3 is 16.0 Å². The predicted octanol–water partition coefficient (Wildman–Crippen LogP) is 2.79. The van der Waals surface area contributed by atoms with E-state index in [1.165, 1.54) is 18.2 Å². The molecule has 1 aliphatic rings. The van der Waals surface area contributed by atoms with Crippen molar-refractivity contribution in [1.82, 2.24) is 20.9 Å². The van der Waals surface area contributed by atoms with E-state index >= 15 is 0 Å². The fourth-order valence-electron chi connectivity index (χ4n) is 3.63. The van der Waals surface area contributed by atoms with Crippen LogP contribution in [0.15, 0.2) is 48.5 Å². The van der Waals surface area contributed by atoms with E-state index in [2.05, 4.69) is 33.0 Å². The number of amides is 3. The number of hydrogen-bond acceptors (Lipinski definition) is 4. The molecule has 9 heteroatoms. The van der Waals surface area contributed by atoms with Gasteiger partial charge in [-0.1, -0.05) is 53.5 Å². The minimum Gasteiger partial charge on any atom is -0.353 e. The molecule has 1 fully saturated rings. The second kappa shape index (κ2) is 11.9. The molecule has 32 heavy (non-hydrogen) atoms. The van der Waals surface area contributed by atoms with Crippen LogP contribution in [0.1, 0.15) is 34.8 Å². The maximum absolute atomic E-state index is 12.3. The monoisotopic (exact) mass is 476 g/mol. The van der Waals surface area contributed by atoms with Crippen LogP contribution in [0.2, 0.25) is 10.0 Å². The maximum Gasteiger partial charge on any atom is 0.253 e. The van der Waals surface area contributed by atoms with Gasteiger partial charge in [0.25, 0.3) is 5.91 Å². The number of likely N-dealkylation sites (tertiary alicyclic amines) is 1. The normalized spacial score (nSPS) is 14.6. The van der Waals surface area contributed by atoms with E-state index in [0.29, 0.717) is 11.6 Å². The molecule has 1 atom stereocenters. The number of benzene rings is 2. The van der Waals surface area contributed by atoms with Crippen molar-refractivity contribution >= 4 is 40.9 Å². The number of nitrogens with zero attached hydrogens (tertiary/aromatic N) is 1. The molecule has 1 heterocycles. The predicted molar refractivity (Wildman–Crippen MR) is 125 cm³/mol. The van der Waals surface area contributed by atoms with Gasteiger partial charge in [0.1, 0.15) is 0 Å². The molecule has 0 spiro atoms. The molecule has 3 N–H and O–H groups in total. The molecule has 1 aliphatic heterocycles. The highest BCUT2D eigenvalue weighted by Crippen LogP contribution is 2.24. The molecular formula is C23H26Cl2N4O3. The second-order valence-electron chi connectivity index (χ2n) is 7.56. The molecule has 170 valence electrons. The number of halogens is 2. The Labute approximate surface area is 197 Å². The summed E-state index contributed by atoms with van der Waals surface area (Å²) in [6.45, 7) is 2.03. The zero-order valence-corrected chi connectivity index (χ0v) is 19.1. The van der Waals surface area contributed by atoms with Gasteiger partial charge in [-0.05, 0) is 49.7 Å². The summed E-state index contributed by atoms with van der Waals surface area (Å²) in [6, 6.07) is 14.6. The number of hydrogen-bond donors (Lipinski definition) is 3. The van der Waals surface area contributed by atoms with Crippen LogP contribution in [0.5, 0.6) is 0 Å². The number of rotatable bonds is 9. The van der Waals surface area contributed by atoms with E-state index in [1.54, 1.807) is 0 Å². The lowest BCUT2D eigenvalue weighted by Gasteiger charge is -2.28. The summed E-state index contributed by atoms with van der Waals surface area (Å²) in [5, 5.41) is 8.50. The summed E-state index contributed by atoms with van der Waals surface area (Å²) >= 11 is 11.8. The topological polar surface area (TPSA) is 90.5 Å². The van der Waals surface area contributed by atoms with Crippen molar-refractivity contribution in [2.75, 3.05) is 32.7 Å². The fraction of sp³-hybridized carbons (Fsp3) is 0.348. The van der Waals surface area contributed by atoms with E-state index in [-0.39, 0.29) is 35.6 Å².